The maximum Gasteiger partial charge on any atom is 0.341 e. The molecular formula is C17H18ClNO5S2. The van der Waals surface area contributed by atoms with Crippen LogP contribution < -0.4 is 9.46 Å². The Bertz CT molecular complexity index is 823. The van der Waals surface area contributed by atoms with E-state index in [2.05, 4.69) is 4.72 Å². The summed E-state index contributed by atoms with van der Waals surface area (Å²) in [6.45, 7) is -0.0582. The van der Waals surface area contributed by atoms with E-state index >= 15 is 0 Å². The van der Waals surface area contributed by atoms with Gasteiger partial charge in [-0.25, -0.2) is 17.9 Å². The second-order valence-corrected chi connectivity index (χ2v) is 8.54. The number of halogens is 1. The summed E-state index contributed by atoms with van der Waals surface area (Å²) in [5.74, 6) is 0.800. The number of rotatable bonds is 10. The van der Waals surface area contributed by atoms with Gasteiger partial charge in [0.1, 0.15) is 5.75 Å². The summed E-state index contributed by atoms with van der Waals surface area (Å²) in [6.07, 6.45) is 0. The average Bonchev–Trinajstić information content (AvgIpc) is 2.61. The van der Waals surface area contributed by atoms with Crippen LogP contribution in [-0.2, 0) is 20.6 Å². The lowest BCUT2D eigenvalue weighted by atomic mass is 10.2. The first-order valence-corrected chi connectivity index (χ1v) is 10.6. The number of aliphatic carboxylic acids is 1. The quantitative estimate of drug-likeness (QED) is 0.579. The summed E-state index contributed by atoms with van der Waals surface area (Å²) in [5.41, 5.74) is 1.04. The van der Waals surface area contributed by atoms with Gasteiger partial charge >= 0.3 is 5.97 Å². The molecule has 0 heterocycles. The molecule has 0 aliphatic heterocycles. The molecular weight excluding hydrogens is 398 g/mol. The number of carboxylic acids is 1. The number of hydrogen-bond acceptors (Lipinski definition) is 5. The molecule has 0 saturated heterocycles. The van der Waals surface area contributed by atoms with Crippen LogP contribution in [0, 0.1) is 0 Å². The number of thioether (sulfide) groups is 1. The van der Waals surface area contributed by atoms with E-state index in [4.69, 9.17) is 21.4 Å². The molecule has 0 fully saturated rings. The molecule has 0 aromatic heterocycles. The van der Waals surface area contributed by atoms with Crippen LogP contribution in [0.15, 0.2) is 53.4 Å². The minimum absolute atomic E-state index is 0.184. The lowest BCUT2D eigenvalue weighted by molar-refractivity contribution is -0.139. The van der Waals surface area contributed by atoms with Crippen molar-refractivity contribution in [2.75, 3.05) is 18.9 Å². The van der Waals surface area contributed by atoms with Crippen LogP contribution in [0.25, 0.3) is 0 Å². The van der Waals surface area contributed by atoms with Gasteiger partial charge in [-0.1, -0.05) is 23.7 Å². The first-order valence-electron chi connectivity index (χ1n) is 7.63. The van der Waals surface area contributed by atoms with E-state index in [0.717, 1.165) is 5.56 Å². The Hall–Kier alpha value is -1.74. The maximum atomic E-state index is 12.1. The van der Waals surface area contributed by atoms with E-state index in [-0.39, 0.29) is 11.5 Å². The van der Waals surface area contributed by atoms with Gasteiger partial charge in [0.05, 0.1) is 4.90 Å². The summed E-state index contributed by atoms with van der Waals surface area (Å²) < 4.78 is 31.8. The molecule has 140 valence electrons. The smallest absolute Gasteiger partial charge is 0.341 e. The second kappa shape index (κ2) is 9.82. The predicted octanol–water partition coefficient (Wildman–Crippen LogP) is 3.02. The Morgan fingerprint density at radius 1 is 1.12 bits per heavy atom. The summed E-state index contributed by atoms with van der Waals surface area (Å²) in [4.78, 5) is 10.6. The fourth-order valence-corrected chi connectivity index (χ4v) is 4.07. The largest absolute Gasteiger partial charge is 0.482 e. The van der Waals surface area contributed by atoms with E-state index in [1.54, 1.807) is 23.9 Å². The molecule has 0 atom stereocenters. The molecule has 0 radical (unpaired) electrons. The van der Waals surface area contributed by atoms with Crippen molar-refractivity contribution in [2.45, 2.75) is 10.6 Å². The van der Waals surface area contributed by atoms with Crippen molar-refractivity contribution in [3.05, 3.63) is 59.1 Å². The monoisotopic (exact) mass is 415 g/mol. The van der Waals surface area contributed by atoms with E-state index < -0.39 is 16.0 Å². The molecule has 9 heteroatoms. The number of hydrogen-bond donors (Lipinski definition) is 2. The summed E-state index contributed by atoms with van der Waals surface area (Å²) >= 11 is 7.34. The zero-order chi connectivity index (χ0) is 19.0. The standard InChI is InChI=1S/C17H18ClNO5S2/c18-14-3-7-16(8-4-14)26(22,23)19-9-10-25-12-13-1-5-15(6-2-13)24-11-17(20)21/h1-8,19H,9-12H2,(H,20,21). The highest BCUT2D eigenvalue weighted by Crippen LogP contribution is 2.17. The minimum atomic E-state index is -3.53. The Kier molecular flexibility index (Phi) is 7.77. The SMILES string of the molecule is O=C(O)COc1ccc(CSCCNS(=O)(=O)c2ccc(Cl)cc2)cc1. The molecule has 0 spiro atoms. The zero-order valence-electron chi connectivity index (χ0n) is 13.7. The van der Waals surface area contributed by atoms with Crippen LogP contribution >= 0.6 is 23.4 Å². The van der Waals surface area contributed by atoms with Crippen molar-refractivity contribution in [3.8, 4) is 5.75 Å². The number of carbonyl (C=O) groups is 1. The Balaban J connectivity index is 1.71. The van der Waals surface area contributed by atoms with Crippen LogP contribution in [0.2, 0.25) is 5.02 Å². The normalized spacial score (nSPS) is 11.3. The third-order valence-electron chi connectivity index (χ3n) is 3.22. The fraction of sp³-hybridized carbons (Fsp3) is 0.235. The van der Waals surface area contributed by atoms with Crippen molar-refractivity contribution in [1.82, 2.24) is 4.72 Å². The maximum absolute atomic E-state index is 12.1. The van der Waals surface area contributed by atoms with Crippen LogP contribution in [-0.4, -0.2) is 38.4 Å². The first kappa shape index (κ1) is 20.6. The predicted molar refractivity (Wildman–Crippen MR) is 102 cm³/mol. The molecule has 0 unspecified atom stereocenters. The molecule has 2 aromatic carbocycles. The van der Waals surface area contributed by atoms with Crippen molar-refractivity contribution in [2.24, 2.45) is 0 Å². The average molecular weight is 416 g/mol. The van der Waals surface area contributed by atoms with Gasteiger partial charge < -0.3 is 9.84 Å². The molecule has 0 aliphatic rings. The number of nitrogens with one attached hydrogen (secondary N) is 1. The number of sulfonamides is 1. The molecule has 0 saturated carbocycles. The van der Waals surface area contributed by atoms with Gasteiger partial charge in [0.2, 0.25) is 10.0 Å². The van der Waals surface area contributed by atoms with Gasteiger partial charge in [-0.3, -0.25) is 0 Å². The summed E-state index contributed by atoms with van der Waals surface area (Å²) in [6, 6.07) is 13.1. The molecule has 26 heavy (non-hydrogen) atoms. The highest BCUT2D eigenvalue weighted by Gasteiger charge is 2.12. The van der Waals surface area contributed by atoms with Gasteiger partial charge in [-0.2, -0.15) is 11.8 Å². The second-order valence-electron chi connectivity index (χ2n) is 5.23. The lowest BCUT2D eigenvalue weighted by Gasteiger charge is -2.07. The third kappa shape index (κ3) is 6.87. The Morgan fingerprint density at radius 3 is 2.38 bits per heavy atom. The number of ether oxygens (including phenoxy) is 1. The van der Waals surface area contributed by atoms with E-state index in [9.17, 15) is 13.2 Å². The topological polar surface area (TPSA) is 92.7 Å². The van der Waals surface area contributed by atoms with Gasteiger partial charge in [-0.15, -0.1) is 0 Å². The molecule has 2 aromatic rings. The van der Waals surface area contributed by atoms with Crippen LogP contribution in [0.3, 0.4) is 0 Å². The van der Waals surface area contributed by atoms with E-state index in [1.807, 2.05) is 12.1 Å². The highest BCUT2D eigenvalue weighted by molar-refractivity contribution is 7.98. The molecule has 6 nitrogen and oxygen atoms in total. The van der Waals surface area contributed by atoms with E-state index in [0.29, 0.717) is 28.8 Å². The van der Waals surface area contributed by atoms with Gasteiger partial charge in [0.15, 0.2) is 6.61 Å². The van der Waals surface area contributed by atoms with Crippen LogP contribution in [0.4, 0.5) is 0 Å². The molecule has 0 aliphatic carbocycles. The van der Waals surface area contributed by atoms with Crippen molar-refractivity contribution < 1.29 is 23.1 Å². The third-order valence-corrected chi connectivity index (χ3v) is 5.98. The van der Waals surface area contributed by atoms with Gasteiger partial charge in [0, 0.05) is 23.1 Å². The van der Waals surface area contributed by atoms with E-state index in [1.165, 1.54) is 24.3 Å². The van der Waals surface area contributed by atoms with Gasteiger partial charge in [0.25, 0.3) is 0 Å². The summed E-state index contributed by atoms with van der Waals surface area (Å²) in [7, 11) is -3.53. The molecule has 2 N–H and O–H groups in total. The lowest BCUT2D eigenvalue weighted by Crippen LogP contribution is -2.26. The van der Waals surface area contributed by atoms with Crippen LogP contribution in [0.5, 0.6) is 5.75 Å². The van der Waals surface area contributed by atoms with Crippen molar-refractivity contribution in [3.63, 3.8) is 0 Å². The van der Waals surface area contributed by atoms with Gasteiger partial charge in [-0.05, 0) is 42.0 Å². The number of benzene rings is 2. The minimum Gasteiger partial charge on any atom is -0.482 e. The van der Waals surface area contributed by atoms with Crippen molar-refractivity contribution >= 4 is 39.4 Å². The molecule has 0 bridgehead atoms. The first-order chi connectivity index (χ1) is 12.4. The Morgan fingerprint density at radius 2 is 1.77 bits per heavy atom. The summed E-state index contributed by atoms with van der Waals surface area (Å²) in [5, 5.41) is 9.04. The Labute approximate surface area is 161 Å². The number of carboxylic acid groups (broad SMARTS) is 1. The zero-order valence-corrected chi connectivity index (χ0v) is 16.1. The molecule has 0 amide bonds. The van der Waals surface area contributed by atoms with Crippen molar-refractivity contribution in [1.29, 1.82) is 0 Å². The fourth-order valence-electron chi connectivity index (χ4n) is 1.96. The van der Waals surface area contributed by atoms with Crippen LogP contribution in [0.1, 0.15) is 5.56 Å². The molecule has 2 rings (SSSR count). The highest BCUT2D eigenvalue weighted by atomic mass is 35.5.